The van der Waals surface area contributed by atoms with Crippen molar-refractivity contribution in [3.63, 3.8) is 0 Å². The van der Waals surface area contributed by atoms with E-state index in [1.54, 1.807) is 20.8 Å². The fourth-order valence-electron chi connectivity index (χ4n) is 4.06. The first-order valence-electron chi connectivity index (χ1n) is 11.3. The predicted molar refractivity (Wildman–Crippen MR) is 123 cm³/mol. The number of hydrogen-bond donors (Lipinski definition) is 0. The van der Waals surface area contributed by atoms with Crippen LogP contribution in [0.3, 0.4) is 0 Å². The molecular weight excluding hydrogens is 508 g/mol. The van der Waals surface area contributed by atoms with Gasteiger partial charge in [-0.15, -0.1) is 0 Å². The fourth-order valence-corrected chi connectivity index (χ4v) is 4.06. The van der Waals surface area contributed by atoms with Crippen LogP contribution in [-0.4, -0.2) is 12.2 Å². The molecule has 2 nitrogen and oxygen atoms in total. The topological polar surface area (TPSA) is 18.5 Å². The summed E-state index contributed by atoms with van der Waals surface area (Å²) in [5.41, 5.74) is -2.10. The minimum absolute atomic E-state index is 0.0759. The van der Waals surface area contributed by atoms with Gasteiger partial charge in [-0.05, 0) is 51.5 Å². The van der Waals surface area contributed by atoms with Crippen molar-refractivity contribution in [2.75, 3.05) is 6.61 Å². The van der Waals surface area contributed by atoms with E-state index in [-0.39, 0.29) is 18.1 Å². The zero-order valence-corrected chi connectivity index (χ0v) is 20.1. The minimum atomic E-state index is -2.17. The molecule has 4 aromatic carbocycles. The van der Waals surface area contributed by atoms with Gasteiger partial charge in [0.25, 0.3) is 0 Å². The van der Waals surface area contributed by atoms with Gasteiger partial charge < -0.3 is 9.47 Å². The van der Waals surface area contributed by atoms with Crippen LogP contribution in [0, 0.1) is 46.5 Å². The summed E-state index contributed by atoms with van der Waals surface area (Å²) in [4.78, 5) is 0. The summed E-state index contributed by atoms with van der Waals surface area (Å²) in [6, 6.07) is 4.05. The maximum atomic E-state index is 15.3. The highest BCUT2D eigenvalue weighted by atomic mass is 19.2. The summed E-state index contributed by atoms with van der Waals surface area (Å²) in [6.45, 7) is 6.45. The van der Waals surface area contributed by atoms with E-state index in [9.17, 15) is 26.3 Å². The summed E-state index contributed by atoms with van der Waals surface area (Å²) < 4.78 is 129. The summed E-state index contributed by atoms with van der Waals surface area (Å²) in [6.07, 6.45) is 0.371. The van der Waals surface area contributed by atoms with Gasteiger partial charge in [-0.2, -0.15) is 0 Å². The normalized spacial score (nSPS) is 12.0. The Morgan fingerprint density at radius 3 is 1.41 bits per heavy atom. The zero-order valence-electron chi connectivity index (χ0n) is 20.1. The van der Waals surface area contributed by atoms with Crippen molar-refractivity contribution >= 4 is 21.5 Å². The van der Waals surface area contributed by atoms with E-state index >= 15 is 8.78 Å². The average molecular weight is 528 g/mol. The molecule has 0 aromatic heterocycles. The van der Waals surface area contributed by atoms with Crippen LogP contribution in [0.15, 0.2) is 24.3 Å². The van der Waals surface area contributed by atoms with Crippen LogP contribution in [0.1, 0.15) is 34.1 Å². The zero-order chi connectivity index (χ0) is 27.4. The first kappa shape index (κ1) is 26.5. The largest absolute Gasteiger partial charge is 0.493 e. The van der Waals surface area contributed by atoms with E-state index in [4.69, 9.17) is 9.47 Å². The third kappa shape index (κ3) is 4.12. The Morgan fingerprint density at radius 1 is 0.568 bits per heavy atom. The number of ether oxygens (including phenoxy) is 2. The molecule has 0 radical (unpaired) electrons. The number of fused-ring (bicyclic) bond motifs is 2. The molecule has 0 aliphatic rings. The second-order valence-corrected chi connectivity index (χ2v) is 8.88. The molecule has 0 aliphatic heterocycles. The molecule has 0 saturated carbocycles. The van der Waals surface area contributed by atoms with Gasteiger partial charge in [-0.1, -0.05) is 6.92 Å². The summed E-state index contributed by atoms with van der Waals surface area (Å²) in [5, 5.41) is -3.29. The molecule has 4 rings (SSSR count). The van der Waals surface area contributed by atoms with E-state index in [1.165, 1.54) is 6.92 Å². The quantitative estimate of drug-likeness (QED) is 0.142. The van der Waals surface area contributed by atoms with Gasteiger partial charge in [0, 0.05) is 32.7 Å². The highest BCUT2D eigenvalue weighted by Crippen LogP contribution is 2.49. The highest BCUT2D eigenvalue weighted by molar-refractivity contribution is 6.10. The van der Waals surface area contributed by atoms with Crippen molar-refractivity contribution in [2.45, 2.75) is 39.7 Å². The van der Waals surface area contributed by atoms with E-state index in [0.29, 0.717) is 6.42 Å². The molecule has 0 spiro atoms. The molecule has 4 aromatic rings. The Hall–Kier alpha value is -3.56. The molecule has 0 saturated heterocycles. The van der Waals surface area contributed by atoms with Crippen LogP contribution in [0.2, 0.25) is 0 Å². The van der Waals surface area contributed by atoms with E-state index in [2.05, 4.69) is 0 Å². The van der Waals surface area contributed by atoms with Crippen LogP contribution in [0.5, 0.6) is 11.5 Å². The minimum Gasteiger partial charge on any atom is -0.493 e. The molecule has 10 heteroatoms. The number of benzene rings is 4. The Balaban J connectivity index is 2.35. The van der Waals surface area contributed by atoms with Gasteiger partial charge >= 0.3 is 0 Å². The van der Waals surface area contributed by atoms with Gasteiger partial charge in [0.15, 0.2) is 46.5 Å². The van der Waals surface area contributed by atoms with Crippen molar-refractivity contribution in [3.8, 4) is 22.6 Å². The van der Waals surface area contributed by atoms with Crippen molar-refractivity contribution in [2.24, 2.45) is 0 Å². The first-order valence-corrected chi connectivity index (χ1v) is 11.3. The number of rotatable bonds is 6. The SMILES string of the molecule is CCOc1ccc2c(F)c(F)c(F)c(F)c2c1-c1c(OC(C)(C)CC)ccc2c(F)c(F)c(F)c(F)c12. The lowest BCUT2D eigenvalue weighted by Gasteiger charge is -2.28. The summed E-state index contributed by atoms with van der Waals surface area (Å²) in [5.74, 6) is -16.3. The van der Waals surface area contributed by atoms with Gasteiger partial charge in [-0.25, -0.2) is 35.1 Å². The fraction of sp³-hybridized carbons (Fsp3) is 0.259. The Bertz CT molecular complexity index is 1560. The molecule has 196 valence electrons. The number of hydrogen-bond acceptors (Lipinski definition) is 2. The molecule has 0 fully saturated rings. The molecule has 0 heterocycles. The van der Waals surface area contributed by atoms with E-state index in [0.717, 1.165) is 24.3 Å². The summed E-state index contributed by atoms with van der Waals surface area (Å²) in [7, 11) is 0. The van der Waals surface area contributed by atoms with Crippen molar-refractivity contribution in [3.05, 3.63) is 70.8 Å². The molecule has 0 unspecified atom stereocenters. The molecule has 0 N–H and O–H groups in total. The second kappa shape index (κ2) is 9.39. The molecular formula is C27H20F8O2. The second-order valence-electron chi connectivity index (χ2n) is 8.88. The Morgan fingerprint density at radius 2 is 0.973 bits per heavy atom. The van der Waals surface area contributed by atoms with Crippen molar-refractivity contribution in [1.29, 1.82) is 0 Å². The van der Waals surface area contributed by atoms with Crippen LogP contribution < -0.4 is 9.47 Å². The van der Waals surface area contributed by atoms with Crippen LogP contribution in [0.4, 0.5) is 35.1 Å². The average Bonchev–Trinajstić information content (AvgIpc) is 2.87. The molecule has 37 heavy (non-hydrogen) atoms. The lowest BCUT2D eigenvalue weighted by molar-refractivity contribution is 0.106. The molecule has 0 atom stereocenters. The molecule has 0 bridgehead atoms. The van der Waals surface area contributed by atoms with Crippen molar-refractivity contribution < 1.29 is 44.6 Å². The van der Waals surface area contributed by atoms with E-state index < -0.39 is 84.8 Å². The van der Waals surface area contributed by atoms with Crippen LogP contribution in [0.25, 0.3) is 32.7 Å². The highest BCUT2D eigenvalue weighted by Gasteiger charge is 2.32. The summed E-state index contributed by atoms with van der Waals surface area (Å²) >= 11 is 0. The van der Waals surface area contributed by atoms with Gasteiger partial charge in [0.2, 0.25) is 0 Å². The van der Waals surface area contributed by atoms with Gasteiger partial charge in [-0.3, -0.25) is 0 Å². The van der Waals surface area contributed by atoms with Crippen molar-refractivity contribution in [1.82, 2.24) is 0 Å². The Kier molecular flexibility index (Phi) is 6.73. The molecule has 0 amide bonds. The number of halogens is 8. The monoisotopic (exact) mass is 528 g/mol. The standard InChI is InChI=1S/C27H20F8O2/c1-5-27(3,4)37-14-10-8-12-16(22(31)26(35)24(33)20(12)29)18(14)17-13(36-6-2)9-7-11-15(17)21(30)25(34)23(32)19(11)28/h7-10H,5-6H2,1-4H3. The van der Waals surface area contributed by atoms with Crippen LogP contribution >= 0.6 is 0 Å². The van der Waals surface area contributed by atoms with Gasteiger partial charge in [0.1, 0.15) is 17.1 Å². The predicted octanol–water partition coefficient (Wildman–Crippen LogP) is 8.74. The van der Waals surface area contributed by atoms with Gasteiger partial charge in [0.05, 0.1) is 6.61 Å². The van der Waals surface area contributed by atoms with E-state index in [1.807, 2.05) is 0 Å². The first-order chi connectivity index (χ1) is 17.4. The maximum absolute atomic E-state index is 15.3. The van der Waals surface area contributed by atoms with Crippen LogP contribution in [-0.2, 0) is 0 Å². The lowest BCUT2D eigenvalue weighted by Crippen LogP contribution is -2.27. The third-order valence-corrected chi connectivity index (χ3v) is 6.19. The Labute approximate surface area is 206 Å². The lowest BCUT2D eigenvalue weighted by atomic mass is 9.90. The maximum Gasteiger partial charge on any atom is 0.198 e. The third-order valence-electron chi connectivity index (χ3n) is 6.19. The smallest absolute Gasteiger partial charge is 0.198 e. The molecule has 0 aliphatic carbocycles.